The van der Waals surface area contributed by atoms with Gasteiger partial charge in [0, 0.05) is 36.7 Å². The standard InChI is InChI=1S/C14H15N3O2/c1-19-11-5-9-3-2-4-16-14(9)12(7-11)17-8-10(15)6-13(17)18/h2-5,7,10H,6,8,15H2,1H3. The number of amides is 1. The first-order valence-corrected chi connectivity index (χ1v) is 6.18. The number of hydrogen-bond acceptors (Lipinski definition) is 4. The van der Waals surface area contributed by atoms with E-state index in [2.05, 4.69) is 4.98 Å². The summed E-state index contributed by atoms with van der Waals surface area (Å²) in [5.41, 5.74) is 7.42. The largest absolute Gasteiger partial charge is 0.497 e. The normalized spacial score (nSPS) is 19.2. The van der Waals surface area contributed by atoms with Crippen molar-refractivity contribution in [1.29, 1.82) is 0 Å². The van der Waals surface area contributed by atoms with Crippen LogP contribution in [0.15, 0.2) is 30.5 Å². The predicted molar refractivity (Wildman–Crippen MR) is 73.2 cm³/mol. The van der Waals surface area contributed by atoms with Crippen molar-refractivity contribution in [2.24, 2.45) is 5.73 Å². The van der Waals surface area contributed by atoms with E-state index in [1.54, 1.807) is 18.2 Å². The Hall–Kier alpha value is -2.14. The maximum atomic E-state index is 12.0. The molecule has 5 nitrogen and oxygen atoms in total. The summed E-state index contributed by atoms with van der Waals surface area (Å²) in [5, 5.41) is 0.949. The molecule has 0 radical (unpaired) electrons. The molecule has 2 heterocycles. The number of rotatable bonds is 2. The lowest BCUT2D eigenvalue weighted by Crippen LogP contribution is -2.28. The number of ether oxygens (including phenoxy) is 1. The van der Waals surface area contributed by atoms with Crippen molar-refractivity contribution in [1.82, 2.24) is 4.98 Å². The van der Waals surface area contributed by atoms with Gasteiger partial charge in [0.1, 0.15) is 5.75 Å². The highest BCUT2D eigenvalue weighted by Gasteiger charge is 2.29. The van der Waals surface area contributed by atoms with Crippen molar-refractivity contribution >= 4 is 22.5 Å². The molecule has 0 aliphatic carbocycles. The van der Waals surface area contributed by atoms with Crippen LogP contribution in [-0.2, 0) is 4.79 Å². The zero-order valence-electron chi connectivity index (χ0n) is 10.7. The molecule has 1 aromatic heterocycles. The van der Waals surface area contributed by atoms with Crippen LogP contribution >= 0.6 is 0 Å². The van der Waals surface area contributed by atoms with Crippen molar-refractivity contribution in [3.63, 3.8) is 0 Å². The van der Waals surface area contributed by atoms with Gasteiger partial charge < -0.3 is 15.4 Å². The molecule has 1 amide bonds. The number of nitrogens with zero attached hydrogens (tertiary/aromatic N) is 2. The van der Waals surface area contributed by atoms with Crippen LogP contribution in [0.1, 0.15) is 6.42 Å². The van der Waals surface area contributed by atoms with Crippen molar-refractivity contribution in [3.05, 3.63) is 30.5 Å². The van der Waals surface area contributed by atoms with E-state index in [1.807, 2.05) is 24.3 Å². The molecule has 1 aliphatic rings. The monoisotopic (exact) mass is 257 g/mol. The van der Waals surface area contributed by atoms with Gasteiger partial charge in [-0.2, -0.15) is 0 Å². The molecule has 0 spiro atoms. The van der Waals surface area contributed by atoms with E-state index in [0.29, 0.717) is 18.7 Å². The molecule has 0 saturated carbocycles. The van der Waals surface area contributed by atoms with E-state index < -0.39 is 0 Å². The first-order valence-electron chi connectivity index (χ1n) is 6.18. The Kier molecular flexibility index (Phi) is 2.83. The maximum absolute atomic E-state index is 12.0. The minimum Gasteiger partial charge on any atom is -0.497 e. The third-order valence-corrected chi connectivity index (χ3v) is 3.34. The van der Waals surface area contributed by atoms with Gasteiger partial charge >= 0.3 is 0 Å². The molecule has 1 aromatic carbocycles. The summed E-state index contributed by atoms with van der Waals surface area (Å²) < 4.78 is 5.29. The van der Waals surface area contributed by atoms with Crippen LogP contribution in [0.3, 0.4) is 0 Å². The molecule has 1 aliphatic heterocycles. The van der Waals surface area contributed by atoms with Gasteiger partial charge in [-0.1, -0.05) is 6.07 Å². The number of carbonyl (C=O) groups is 1. The highest BCUT2D eigenvalue weighted by molar-refractivity contribution is 6.04. The van der Waals surface area contributed by atoms with E-state index in [1.165, 1.54) is 0 Å². The van der Waals surface area contributed by atoms with Crippen LogP contribution in [0, 0.1) is 0 Å². The summed E-state index contributed by atoms with van der Waals surface area (Å²) in [6, 6.07) is 7.45. The van der Waals surface area contributed by atoms with Crippen molar-refractivity contribution in [3.8, 4) is 5.75 Å². The molecule has 19 heavy (non-hydrogen) atoms. The highest BCUT2D eigenvalue weighted by Crippen LogP contribution is 2.32. The van der Waals surface area contributed by atoms with Crippen molar-refractivity contribution in [2.45, 2.75) is 12.5 Å². The molecule has 1 saturated heterocycles. The summed E-state index contributed by atoms with van der Waals surface area (Å²) >= 11 is 0. The Morgan fingerprint density at radius 1 is 1.47 bits per heavy atom. The number of anilines is 1. The first kappa shape index (κ1) is 11.9. The number of hydrogen-bond donors (Lipinski definition) is 1. The summed E-state index contributed by atoms with van der Waals surface area (Å²) in [6.45, 7) is 0.525. The minimum absolute atomic E-state index is 0.0349. The lowest BCUT2D eigenvalue weighted by Gasteiger charge is -2.18. The van der Waals surface area contributed by atoms with Gasteiger partial charge in [-0.3, -0.25) is 9.78 Å². The average molecular weight is 257 g/mol. The second kappa shape index (κ2) is 4.51. The van der Waals surface area contributed by atoms with Crippen LogP contribution in [0.4, 0.5) is 5.69 Å². The molecule has 3 rings (SSSR count). The summed E-state index contributed by atoms with van der Waals surface area (Å²) in [4.78, 5) is 18.1. The van der Waals surface area contributed by atoms with E-state index in [0.717, 1.165) is 16.6 Å². The lowest BCUT2D eigenvalue weighted by atomic mass is 10.1. The van der Waals surface area contributed by atoms with Gasteiger partial charge in [0.2, 0.25) is 5.91 Å². The fourth-order valence-corrected chi connectivity index (χ4v) is 2.44. The SMILES string of the molecule is COc1cc(N2CC(N)CC2=O)c2ncccc2c1. The van der Waals surface area contributed by atoms with E-state index in [4.69, 9.17) is 10.5 Å². The number of pyridine rings is 1. The van der Waals surface area contributed by atoms with Crippen LogP contribution in [0.2, 0.25) is 0 Å². The average Bonchev–Trinajstić information content (AvgIpc) is 2.76. The molecule has 1 fully saturated rings. The lowest BCUT2D eigenvalue weighted by molar-refractivity contribution is -0.117. The number of fused-ring (bicyclic) bond motifs is 1. The van der Waals surface area contributed by atoms with Crippen LogP contribution in [0.25, 0.3) is 10.9 Å². The predicted octanol–water partition coefficient (Wildman–Crippen LogP) is 1.31. The third kappa shape index (κ3) is 2.02. The number of aromatic nitrogens is 1. The van der Waals surface area contributed by atoms with Gasteiger partial charge in [-0.25, -0.2) is 0 Å². The summed E-state index contributed by atoms with van der Waals surface area (Å²) in [7, 11) is 1.61. The van der Waals surface area contributed by atoms with Gasteiger partial charge in [-0.15, -0.1) is 0 Å². The molecule has 5 heteroatoms. The number of carbonyl (C=O) groups excluding carboxylic acids is 1. The van der Waals surface area contributed by atoms with Gasteiger partial charge in [0.25, 0.3) is 0 Å². The molecule has 98 valence electrons. The fraction of sp³-hybridized carbons (Fsp3) is 0.286. The van der Waals surface area contributed by atoms with E-state index in [9.17, 15) is 4.79 Å². The Balaban J connectivity index is 2.18. The van der Waals surface area contributed by atoms with Crippen molar-refractivity contribution in [2.75, 3.05) is 18.6 Å². The highest BCUT2D eigenvalue weighted by atomic mass is 16.5. The minimum atomic E-state index is -0.113. The molecule has 2 N–H and O–H groups in total. The number of methoxy groups -OCH3 is 1. The van der Waals surface area contributed by atoms with E-state index >= 15 is 0 Å². The molecular formula is C14H15N3O2. The topological polar surface area (TPSA) is 68.5 Å². The Labute approximate surface area is 111 Å². The second-order valence-electron chi connectivity index (χ2n) is 4.69. The Bertz CT molecular complexity index is 642. The fourth-order valence-electron chi connectivity index (χ4n) is 2.44. The van der Waals surface area contributed by atoms with Crippen molar-refractivity contribution < 1.29 is 9.53 Å². The van der Waals surface area contributed by atoms with E-state index in [-0.39, 0.29) is 11.9 Å². The molecular weight excluding hydrogens is 242 g/mol. The quantitative estimate of drug-likeness (QED) is 0.880. The number of nitrogens with two attached hydrogens (primary N) is 1. The third-order valence-electron chi connectivity index (χ3n) is 3.34. The van der Waals surface area contributed by atoms with Gasteiger partial charge in [0.15, 0.2) is 0 Å². The number of benzene rings is 1. The Morgan fingerprint density at radius 2 is 2.32 bits per heavy atom. The second-order valence-corrected chi connectivity index (χ2v) is 4.69. The van der Waals surface area contributed by atoms with Gasteiger partial charge in [-0.05, 0) is 12.1 Å². The molecule has 2 aromatic rings. The zero-order valence-corrected chi connectivity index (χ0v) is 10.7. The molecule has 1 atom stereocenters. The van der Waals surface area contributed by atoms with Crippen LogP contribution < -0.4 is 15.4 Å². The zero-order chi connectivity index (χ0) is 13.4. The summed E-state index contributed by atoms with van der Waals surface area (Å²) in [5.74, 6) is 0.747. The van der Waals surface area contributed by atoms with Crippen LogP contribution in [0.5, 0.6) is 5.75 Å². The first-order chi connectivity index (χ1) is 9.19. The Morgan fingerprint density at radius 3 is 3.00 bits per heavy atom. The molecule has 0 bridgehead atoms. The maximum Gasteiger partial charge on any atom is 0.228 e. The van der Waals surface area contributed by atoms with Gasteiger partial charge in [0.05, 0.1) is 18.3 Å². The molecule has 1 unspecified atom stereocenters. The smallest absolute Gasteiger partial charge is 0.228 e. The van der Waals surface area contributed by atoms with Crippen LogP contribution in [-0.4, -0.2) is 30.6 Å². The summed E-state index contributed by atoms with van der Waals surface area (Å²) in [6.07, 6.45) is 2.10.